The Morgan fingerprint density at radius 1 is 0.792 bits per heavy atom. The molecule has 0 bridgehead atoms. The first-order valence-electron chi connectivity index (χ1n) is 9.95. The van der Waals surface area contributed by atoms with Crippen LogP contribution >= 0.6 is 0 Å². The van der Waals surface area contributed by atoms with Crippen LogP contribution in [0.4, 0.5) is 0 Å². The van der Waals surface area contributed by atoms with Gasteiger partial charge in [0.05, 0.1) is 6.61 Å². The summed E-state index contributed by atoms with van der Waals surface area (Å²) in [6, 6.07) is 0. The lowest BCUT2D eigenvalue weighted by molar-refractivity contribution is -0.122. The van der Waals surface area contributed by atoms with Crippen molar-refractivity contribution in [3.63, 3.8) is 0 Å². The molecule has 0 spiro atoms. The maximum atomic E-state index is 12.2. The van der Waals surface area contributed by atoms with Crippen LogP contribution in [0.15, 0.2) is 0 Å². The summed E-state index contributed by atoms with van der Waals surface area (Å²) >= 11 is 0. The predicted octanol–water partition coefficient (Wildman–Crippen LogP) is 4.18. The molecule has 0 saturated carbocycles. The van der Waals surface area contributed by atoms with Gasteiger partial charge in [0.15, 0.2) is 0 Å². The second kappa shape index (κ2) is 11.1. The minimum atomic E-state index is -0.236. The summed E-state index contributed by atoms with van der Waals surface area (Å²) in [5, 5.41) is 6.66. The fourth-order valence-electron chi connectivity index (χ4n) is 3.58. The normalized spacial score (nSPS) is 25.8. The number of carbonyl (C=O) groups excluding carboxylic acids is 1. The number of ether oxygens (including phenoxy) is 1. The van der Waals surface area contributed by atoms with E-state index in [-0.39, 0.29) is 17.0 Å². The van der Waals surface area contributed by atoms with E-state index in [1.165, 1.54) is 44.9 Å². The zero-order chi connectivity index (χ0) is 17.9. The summed E-state index contributed by atoms with van der Waals surface area (Å²) in [5.41, 5.74) is -0.368. The number of carbonyl (C=O) groups is 1. The van der Waals surface area contributed by atoms with E-state index in [1.54, 1.807) is 0 Å². The van der Waals surface area contributed by atoms with Gasteiger partial charge in [-0.05, 0) is 40.5 Å². The van der Waals surface area contributed by atoms with Crippen LogP contribution < -0.4 is 10.6 Å². The van der Waals surface area contributed by atoms with Crippen molar-refractivity contribution < 1.29 is 9.53 Å². The molecule has 1 rings (SSSR count). The van der Waals surface area contributed by atoms with E-state index in [2.05, 4.69) is 38.3 Å². The van der Waals surface area contributed by atoms with Crippen molar-refractivity contribution in [2.45, 2.75) is 103 Å². The van der Waals surface area contributed by atoms with Gasteiger partial charge >= 0.3 is 0 Å². The number of rotatable bonds is 0. The van der Waals surface area contributed by atoms with Crippen LogP contribution in [0.2, 0.25) is 0 Å². The quantitative estimate of drug-likeness (QED) is 0.695. The van der Waals surface area contributed by atoms with Crippen LogP contribution in [0.25, 0.3) is 0 Å². The molecule has 0 aromatic heterocycles. The number of amides is 1. The molecule has 4 heteroatoms. The Balaban J connectivity index is 2.49. The van der Waals surface area contributed by atoms with E-state index in [0.717, 1.165) is 26.0 Å². The SMILES string of the molecule is CC1(C)COCCCCCCCCCCCNC(=O)CC(C)(C)N1. The molecule has 4 nitrogen and oxygen atoms in total. The fraction of sp³-hybridized carbons (Fsp3) is 0.950. The molecular formula is C20H40N2O2. The zero-order valence-corrected chi connectivity index (χ0v) is 16.5. The monoisotopic (exact) mass is 340 g/mol. The number of nitrogens with one attached hydrogen (secondary N) is 2. The van der Waals surface area contributed by atoms with E-state index in [0.29, 0.717) is 13.0 Å². The largest absolute Gasteiger partial charge is 0.380 e. The summed E-state index contributed by atoms with van der Waals surface area (Å²) < 4.78 is 5.87. The molecular weight excluding hydrogens is 300 g/mol. The van der Waals surface area contributed by atoms with E-state index < -0.39 is 0 Å². The van der Waals surface area contributed by atoms with Crippen LogP contribution in [0, 0.1) is 0 Å². The molecule has 0 radical (unpaired) electrons. The molecule has 142 valence electrons. The molecule has 0 aromatic carbocycles. The maximum absolute atomic E-state index is 12.2. The number of hydrogen-bond acceptors (Lipinski definition) is 3. The van der Waals surface area contributed by atoms with Crippen LogP contribution in [-0.4, -0.2) is 36.7 Å². The third kappa shape index (κ3) is 11.0. The molecule has 0 aliphatic carbocycles. The van der Waals surface area contributed by atoms with Crippen molar-refractivity contribution in [3.8, 4) is 0 Å². The van der Waals surface area contributed by atoms with E-state index in [4.69, 9.17) is 4.74 Å². The molecule has 24 heavy (non-hydrogen) atoms. The maximum Gasteiger partial charge on any atom is 0.221 e. The summed E-state index contributed by atoms with van der Waals surface area (Å²) in [6.45, 7) is 10.8. The second-order valence-electron chi connectivity index (χ2n) is 8.65. The van der Waals surface area contributed by atoms with Crippen molar-refractivity contribution in [1.82, 2.24) is 10.6 Å². The van der Waals surface area contributed by atoms with Gasteiger partial charge in [-0.25, -0.2) is 0 Å². The van der Waals surface area contributed by atoms with Gasteiger partial charge < -0.3 is 15.4 Å². The van der Waals surface area contributed by atoms with E-state index in [9.17, 15) is 4.79 Å². The van der Waals surface area contributed by atoms with Gasteiger partial charge in [0, 0.05) is 30.7 Å². The summed E-state index contributed by atoms with van der Waals surface area (Å²) in [6.07, 6.45) is 11.9. The molecule has 1 amide bonds. The third-order valence-electron chi connectivity index (χ3n) is 4.53. The summed E-state index contributed by atoms with van der Waals surface area (Å²) in [4.78, 5) is 12.2. The highest BCUT2D eigenvalue weighted by atomic mass is 16.5. The Morgan fingerprint density at radius 3 is 1.96 bits per heavy atom. The van der Waals surface area contributed by atoms with Crippen LogP contribution in [0.1, 0.15) is 91.9 Å². The molecule has 0 aromatic rings. The highest BCUT2D eigenvalue weighted by Gasteiger charge is 2.29. The standard InChI is InChI=1S/C20H40N2O2/c1-19(2)16-18(23)21-14-12-10-8-6-5-7-9-11-13-15-24-17-20(3,4)22-19/h22H,5-17H2,1-4H3,(H,21,23). The molecule has 0 unspecified atom stereocenters. The highest BCUT2D eigenvalue weighted by Crippen LogP contribution is 2.16. The Labute approximate surface area is 149 Å². The fourth-order valence-corrected chi connectivity index (χ4v) is 3.58. The lowest BCUT2D eigenvalue weighted by Gasteiger charge is -2.36. The van der Waals surface area contributed by atoms with Crippen molar-refractivity contribution in [2.24, 2.45) is 0 Å². The molecule has 1 heterocycles. The number of hydrogen-bond donors (Lipinski definition) is 2. The average Bonchev–Trinajstić information content (AvgIpc) is 2.44. The molecule has 1 aliphatic rings. The van der Waals surface area contributed by atoms with E-state index >= 15 is 0 Å². The van der Waals surface area contributed by atoms with Crippen molar-refractivity contribution in [1.29, 1.82) is 0 Å². The van der Waals surface area contributed by atoms with Crippen molar-refractivity contribution in [3.05, 3.63) is 0 Å². The second-order valence-corrected chi connectivity index (χ2v) is 8.65. The minimum Gasteiger partial charge on any atom is -0.380 e. The lowest BCUT2D eigenvalue weighted by atomic mass is 9.94. The lowest BCUT2D eigenvalue weighted by Crippen LogP contribution is -2.56. The molecule has 1 saturated heterocycles. The Hall–Kier alpha value is -0.610. The Morgan fingerprint density at radius 2 is 1.33 bits per heavy atom. The van der Waals surface area contributed by atoms with Gasteiger partial charge in [-0.15, -0.1) is 0 Å². The smallest absolute Gasteiger partial charge is 0.221 e. The molecule has 0 atom stereocenters. The van der Waals surface area contributed by atoms with Gasteiger partial charge in [0.2, 0.25) is 5.91 Å². The first-order chi connectivity index (χ1) is 11.3. The molecule has 1 fully saturated rings. The van der Waals surface area contributed by atoms with Gasteiger partial charge in [0.1, 0.15) is 0 Å². The topological polar surface area (TPSA) is 50.4 Å². The Kier molecular flexibility index (Phi) is 9.91. The van der Waals surface area contributed by atoms with Crippen molar-refractivity contribution in [2.75, 3.05) is 19.8 Å². The first kappa shape index (κ1) is 21.4. The third-order valence-corrected chi connectivity index (χ3v) is 4.53. The van der Waals surface area contributed by atoms with Gasteiger partial charge in [-0.2, -0.15) is 0 Å². The van der Waals surface area contributed by atoms with Crippen LogP contribution in [-0.2, 0) is 9.53 Å². The predicted molar refractivity (Wildman–Crippen MR) is 101 cm³/mol. The van der Waals surface area contributed by atoms with Gasteiger partial charge in [-0.3, -0.25) is 4.79 Å². The average molecular weight is 341 g/mol. The molecule has 1 aliphatic heterocycles. The highest BCUT2D eigenvalue weighted by molar-refractivity contribution is 5.77. The summed E-state index contributed by atoms with van der Waals surface area (Å²) in [7, 11) is 0. The van der Waals surface area contributed by atoms with Crippen molar-refractivity contribution >= 4 is 5.91 Å². The molecule has 2 N–H and O–H groups in total. The minimum absolute atomic E-state index is 0.132. The summed E-state index contributed by atoms with van der Waals surface area (Å²) in [5.74, 6) is 0.141. The van der Waals surface area contributed by atoms with Gasteiger partial charge in [-0.1, -0.05) is 44.9 Å². The van der Waals surface area contributed by atoms with Crippen LogP contribution in [0.5, 0.6) is 0 Å². The Bertz CT molecular complexity index is 354. The van der Waals surface area contributed by atoms with E-state index in [1.807, 2.05) is 0 Å². The first-order valence-corrected chi connectivity index (χ1v) is 9.95. The zero-order valence-electron chi connectivity index (χ0n) is 16.5. The van der Waals surface area contributed by atoms with Crippen LogP contribution in [0.3, 0.4) is 0 Å². The van der Waals surface area contributed by atoms with Gasteiger partial charge in [0.25, 0.3) is 0 Å².